The van der Waals surface area contributed by atoms with Crippen molar-refractivity contribution < 1.29 is 0 Å². The highest BCUT2D eigenvalue weighted by Gasteiger charge is 2.31. The molecule has 1 aromatic heterocycles. The van der Waals surface area contributed by atoms with E-state index in [4.69, 9.17) is 0 Å². The van der Waals surface area contributed by atoms with E-state index >= 15 is 0 Å². The maximum absolute atomic E-state index is 4.34. The minimum absolute atomic E-state index is 0.531. The van der Waals surface area contributed by atoms with Crippen molar-refractivity contribution in [2.24, 2.45) is 18.4 Å². The van der Waals surface area contributed by atoms with Crippen molar-refractivity contribution in [1.82, 2.24) is 20.1 Å². The monoisotopic (exact) mass is 250 g/mol. The molecule has 4 nitrogen and oxygen atoms in total. The normalized spacial score (nSPS) is 22.0. The summed E-state index contributed by atoms with van der Waals surface area (Å²) in [6.07, 6.45) is 7.97. The van der Waals surface area contributed by atoms with Crippen molar-refractivity contribution in [2.45, 2.75) is 52.0 Å². The molecule has 1 aromatic rings. The van der Waals surface area contributed by atoms with Crippen LogP contribution in [-0.2, 0) is 13.5 Å². The first-order chi connectivity index (χ1) is 8.52. The third-order valence-electron chi connectivity index (χ3n) is 4.53. The highest BCUT2D eigenvalue weighted by Crippen LogP contribution is 2.39. The van der Waals surface area contributed by atoms with Gasteiger partial charge in [-0.2, -0.15) is 5.10 Å². The summed E-state index contributed by atoms with van der Waals surface area (Å²) in [5.41, 5.74) is 0.541. The van der Waals surface area contributed by atoms with E-state index in [1.807, 2.05) is 11.7 Å². The summed E-state index contributed by atoms with van der Waals surface area (Å²) < 4.78 is 1.89. The molecule has 0 spiro atoms. The van der Waals surface area contributed by atoms with E-state index in [0.29, 0.717) is 11.5 Å². The highest BCUT2D eigenvalue weighted by atomic mass is 15.3. The molecule has 1 aliphatic rings. The molecule has 1 unspecified atom stereocenters. The number of rotatable bonds is 4. The van der Waals surface area contributed by atoms with Gasteiger partial charge in [-0.15, -0.1) is 0 Å². The first-order valence-corrected chi connectivity index (χ1v) is 7.02. The minimum Gasteiger partial charge on any atom is -0.316 e. The summed E-state index contributed by atoms with van der Waals surface area (Å²) in [5.74, 6) is 1.86. The van der Waals surface area contributed by atoms with Crippen LogP contribution in [0.4, 0.5) is 0 Å². The summed E-state index contributed by atoms with van der Waals surface area (Å²) in [4.78, 5) is 4.34. The lowest BCUT2D eigenvalue weighted by Gasteiger charge is -2.37. The molecule has 0 bridgehead atoms. The quantitative estimate of drug-likeness (QED) is 0.890. The van der Waals surface area contributed by atoms with Gasteiger partial charge in [0.05, 0.1) is 0 Å². The van der Waals surface area contributed by atoms with Gasteiger partial charge in [-0.25, -0.2) is 4.98 Å². The molecule has 0 aliphatic heterocycles. The van der Waals surface area contributed by atoms with Gasteiger partial charge >= 0.3 is 0 Å². The summed E-state index contributed by atoms with van der Waals surface area (Å²) in [6, 6.07) is 0.531. The van der Waals surface area contributed by atoms with Crippen LogP contribution in [0.25, 0.3) is 0 Å². The van der Waals surface area contributed by atoms with Crippen LogP contribution < -0.4 is 5.32 Å². The van der Waals surface area contributed by atoms with Crippen LogP contribution in [0.1, 0.15) is 45.4 Å². The minimum atomic E-state index is 0.531. The number of nitrogens with zero attached hydrogens (tertiary/aromatic N) is 3. The van der Waals surface area contributed by atoms with E-state index in [0.717, 1.165) is 18.2 Å². The fraction of sp³-hybridized carbons (Fsp3) is 0.857. The molecular weight excluding hydrogens is 224 g/mol. The lowest BCUT2D eigenvalue weighted by atomic mass is 9.70. The summed E-state index contributed by atoms with van der Waals surface area (Å²) in [7, 11) is 4.04. The van der Waals surface area contributed by atoms with E-state index in [1.54, 1.807) is 6.33 Å². The fourth-order valence-electron chi connectivity index (χ4n) is 3.03. The average molecular weight is 250 g/mol. The van der Waals surface area contributed by atoms with Crippen LogP contribution in [0.3, 0.4) is 0 Å². The van der Waals surface area contributed by atoms with Crippen LogP contribution >= 0.6 is 0 Å². The lowest BCUT2D eigenvalue weighted by molar-refractivity contribution is 0.162. The van der Waals surface area contributed by atoms with Gasteiger partial charge in [-0.05, 0) is 44.1 Å². The van der Waals surface area contributed by atoms with Crippen molar-refractivity contribution >= 4 is 0 Å². The van der Waals surface area contributed by atoms with E-state index in [-0.39, 0.29) is 0 Å². The Morgan fingerprint density at radius 1 is 1.44 bits per heavy atom. The molecule has 0 saturated heterocycles. The van der Waals surface area contributed by atoms with Crippen molar-refractivity contribution in [3.8, 4) is 0 Å². The van der Waals surface area contributed by atoms with Gasteiger partial charge in [-0.1, -0.05) is 13.8 Å². The number of hydrogen-bond donors (Lipinski definition) is 1. The Balaban J connectivity index is 1.96. The molecule has 4 heteroatoms. The SMILES string of the molecule is CNC(Cc1ncnn1C)C1CCC(C)(C)CC1. The number of likely N-dealkylation sites (N-methyl/N-ethyl adjacent to an activating group) is 1. The summed E-state index contributed by atoms with van der Waals surface area (Å²) in [6.45, 7) is 4.78. The second-order valence-electron chi connectivity index (χ2n) is 6.40. The van der Waals surface area contributed by atoms with Crippen molar-refractivity contribution in [1.29, 1.82) is 0 Å². The lowest BCUT2D eigenvalue weighted by Crippen LogP contribution is -2.39. The molecule has 2 rings (SSSR count). The smallest absolute Gasteiger partial charge is 0.138 e. The maximum Gasteiger partial charge on any atom is 0.138 e. The fourth-order valence-corrected chi connectivity index (χ4v) is 3.03. The second kappa shape index (κ2) is 5.39. The van der Waals surface area contributed by atoms with Crippen molar-refractivity contribution in [3.63, 3.8) is 0 Å². The summed E-state index contributed by atoms with van der Waals surface area (Å²) in [5, 5.41) is 7.63. The number of hydrogen-bond acceptors (Lipinski definition) is 3. The molecule has 1 N–H and O–H groups in total. The molecule has 1 fully saturated rings. The van der Waals surface area contributed by atoms with E-state index < -0.39 is 0 Å². The van der Waals surface area contributed by atoms with Crippen LogP contribution in [0.2, 0.25) is 0 Å². The van der Waals surface area contributed by atoms with Gasteiger partial charge in [0.1, 0.15) is 12.2 Å². The molecule has 1 atom stereocenters. The van der Waals surface area contributed by atoms with Gasteiger partial charge in [0.15, 0.2) is 0 Å². The van der Waals surface area contributed by atoms with Crippen molar-refractivity contribution in [2.75, 3.05) is 7.05 Å². The average Bonchev–Trinajstić information content (AvgIpc) is 2.72. The van der Waals surface area contributed by atoms with Gasteiger partial charge < -0.3 is 5.32 Å². The number of aromatic nitrogens is 3. The Hall–Kier alpha value is -0.900. The van der Waals surface area contributed by atoms with Gasteiger partial charge in [0.2, 0.25) is 0 Å². The molecule has 1 heterocycles. The Morgan fingerprint density at radius 3 is 2.61 bits per heavy atom. The van der Waals surface area contributed by atoms with Crippen LogP contribution in [0.15, 0.2) is 6.33 Å². The zero-order chi connectivity index (χ0) is 13.2. The molecular formula is C14H26N4. The Labute approximate surface area is 110 Å². The van der Waals surface area contributed by atoms with Gasteiger partial charge in [-0.3, -0.25) is 4.68 Å². The largest absolute Gasteiger partial charge is 0.316 e. The zero-order valence-corrected chi connectivity index (χ0v) is 12.1. The van der Waals surface area contributed by atoms with Crippen LogP contribution in [0, 0.1) is 11.3 Å². The van der Waals surface area contributed by atoms with Crippen LogP contribution in [-0.4, -0.2) is 27.9 Å². The van der Waals surface area contributed by atoms with Crippen molar-refractivity contribution in [3.05, 3.63) is 12.2 Å². The third-order valence-corrected chi connectivity index (χ3v) is 4.53. The summed E-state index contributed by atoms with van der Waals surface area (Å²) >= 11 is 0. The van der Waals surface area contributed by atoms with E-state index in [1.165, 1.54) is 25.7 Å². The molecule has 1 saturated carbocycles. The Morgan fingerprint density at radius 2 is 2.11 bits per heavy atom. The number of aryl methyl sites for hydroxylation is 1. The first kappa shape index (κ1) is 13.5. The first-order valence-electron chi connectivity index (χ1n) is 7.02. The molecule has 0 radical (unpaired) electrons. The van der Waals surface area contributed by atoms with Gasteiger partial charge in [0, 0.05) is 19.5 Å². The van der Waals surface area contributed by atoms with E-state index in [9.17, 15) is 0 Å². The predicted molar refractivity (Wildman–Crippen MR) is 73.3 cm³/mol. The van der Waals surface area contributed by atoms with Gasteiger partial charge in [0.25, 0.3) is 0 Å². The Kier molecular flexibility index (Phi) is 4.05. The second-order valence-corrected chi connectivity index (χ2v) is 6.40. The topological polar surface area (TPSA) is 42.7 Å². The molecule has 1 aliphatic carbocycles. The standard InChI is InChI=1S/C14H26N4/c1-14(2)7-5-11(6-8-14)12(15-3)9-13-16-10-17-18(13)4/h10-12,15H,5-9H2,1-4H3. The van der Waals surface area contributed by atoms with Crippen LogP contribution in [0.5, 0.6) is 0 Å². The molecule has 0 amide bonds. The highest BCUT2D eigenvalue weighted by molar-refractivity contribution is 4.93. The number of nitrogens with one attached hydrogen (secondary N) is 1. The Bertz CT molecular complexity index is 373. The molecule has 0 aromatic carbocycles. The molecule has 102 valence electrons. The van der Waals surface area contributed by atoms with E-state index in [2.05, 4.69) is 36.3 Å². The molecule has 18 heavy (non-hydrogen) atoms. The third kappa shape index (κ3) is 3.10. The maximum atomic E-state index is 4.34. The zero-order valence-electron chi connectivity index (χ0n) is 12.1. The predicted octanol–water partition coefficient (Wildman–Crippen LogP) is 2.16.